The standard InChI is InChI=1S/C23H21ClN4OS/c1-13-16(24)10-11-17-19(13)27-22(26-17)18-9-6-12-28(18)23(29)20-21(30-14(2)25-20)15-7-4-3-5-8-15/h3-5,7-8,10-11,18H,6,9,12H2,1-2H3,(H,26,27). The molecule has 0 bridgehead atoms. The first kappa shape index (κ1) is 19.3. The number of amides is 1. The number of nitrogens with zero attached hydrogens (tertiary/aromatic N) is 3. The number of aryl methyl sites for hydroxylation is 2. The summed E-state index contributed by atoms with van der Waals surface area (Å²) in [5.74, 6) is 0.783. The lowest BCUT2D eigenvalue weighted by Gasteiger charge is -2.22. The van der Waals surface area contributed by atoms with Gasteiger partial charge >= 0.3 is 0 Å². The lowest BCUT2D eigenvalue weighted by Crippen LogP contribution is -2.31. The van der Waals surface area contributed by atoms with E-state index in [2.05, 4.69) is 9.97 Å². The SMILES string of the molecule is Cc1nc(C(=O)N2CCCC2c2nc3c(C)c(Cl)ccc3[nH]2)c(-c2ccccc2)s1. The number of carbonyl (C=O) groups is 1. The zero-order valence-electron chi connectivity index (χ0n) is 16.8. The maximum absolute atomic E-state index is 13.6. The summed E-state index contributed by atoms with van der Waals surface area (Å²) in [5, 5.41) is 1.59. The van der Waals surface area contributed by atoms with Crippen molar-refractivity contribution >= 4 is 39.9 Å². The maximum Gasteiger partial charge on any atom is 0.274 e. The Balaban J connectivity index is 1.52. The van der Waals surface area contributed by atoms with Gasteiger partial charge in [-0.2, -0.15) is 0 Å². The van der Waals surface area contributed by atoms with E-state index in [0.717, 1.165) is 50.7 Å². The van der Waals surface area contributed by atoms with Crippen LogP contribution in [0.2, 0.25) is 5.02 Å². The van der Waals surface area contributed by atoms with Crippen LogP contribution in [0.15, 0.2) is 42.5 Å². The molecule has 30 heavy (non-hydrogen) atoms. The number of rotatable bonds is 3. The minimum absolute atomic E-state index is 0.0316. The van der Waals surface area contributed by atoms with Gasteiger partial charge < -0.3 is 9.88 Å². The van der Waals surface area contributed by atoms with Crippen LogP contribution in [0, 0.1) is 13.8 Å². The second kappa shape index (κ2) is 7.52. The van der Waals surface area contributed by atoms with Crippen LogP contribution < -0.4 is 0 Å². The molecule has 1 atom stereocenters. The number of thiazole rings is 1. The van der Waals surface area contributed by atoms with Crippen LogP contribution in [0.4, 0.5) is 0 Å². The molecule has 0 spiro atoms. The Kier molecular flexibility index (Phi) is 4.83. The van der Waals surface area contributed by atoms with E-state index in [4.69, 9.17) is 16.6 Å². The fraction of sp³-hybridized carbons (Fsp3) is 0.261. The summed E-state index contributed by atoms with van der Waals surface area (Å²) in [6, 6.07) is 13.7. The van der Waals surface area contributed by atoms with Gasteiger partial charge in [-0.05, 0) is 49.9 Å². The fourth-order valence-corrected chi connectivity index (χ4v) is 5.22. The molecule has 1 fully saturated rings. The molecule has 4 aromatic rings. The lowest BCUT2D eigenvalue weighted by atomic mass is 10.1. The van der Waals surface area contributed by atoms with E-state index in [0.29, 0.717) is 17.3 Å². The van der Waals surface area contributed by atoms with E-state index in [1.165, 1.54) is 0 Å². The average Bonchev–Trinajstić information content (AvgIpc) is 3.48. The molecule has 1 unspecified atom stereocenters. The van der Waals surface area contributed by atoms with Crippen LogP contribution in [-0.2, 0) is 0 Å². The molecule has 1 aliphatic rings. The molecule has 5 rings (SSSR count). The van der Waals surface area contributed by atoms with Crippen molar-refractivity contribution < 1.29 is 4.79 Å². The van der Waals surface area contributed by atoms with Crippen LogP contribution in [0.25, 0.3) is 21.5 Å². The summed E-state index contributed by atoms with van der Waals surface area (Å²) in [7, 11) is 0. The Hall–Kier alpha value is -2.70. The number of nitrogens with one attached hydrogen (secondary N) is 1. The zero-order valence-corrected chi connectivity index (χ0v) is 18.3. The third-order valence-corrected chi connectivity index (χ3v) is 7.09. The van der Waals surface area contributed by atoms with Crippen molar-refractivity contribution in [2.24, 2.45) is 0 Å². The number of hydrogen-bond acceptors (Lipinski definition) is 4. The summed E-state index contributed by atoms with van der Waals surface area (Å²) in [6.45, 7) is 4.61. The van der Waals surface area contributed by atoms with E-state index in [1.807, 2.05) is 61.2 Å². The molecule has 1 amide bonds. The van der Waals surface area contributed by atoms with E-state index in [9.17, 15) is 4.79 Å². The first-order valence-corrected chi connectivity index (χ1v) is 11.2. The molecule has 0 saturated carbocycles. The van der Waals surface area contributed by atoms with Gasteiger partial charge in [-0.3, -0.25) is 4.79 Å². The zero-order chi connectivity index (χ0) is 20.8. The third kappa shape index (κ3) is 3.20. The second-order valence-electron chi connectivity index (χ2n) is 7.62. The molecular weight excluding hydrogens is 416 g/mol. The molecular formula is C23H21ClN4OS. The predicted molar refractivity (Wildman–Crippen MR) is 121 cm³/mol. The number of fused-ring (bicyclic) bond motifs is 1. The highest BCUT2D eigenvalue weighted by atomic mass is 35.5. The molecule has 2 aromatic heterocycles. The Morgan fingerprint density at radius 1 is 1.17 bits per heavy atom. The minimum Gasteiger partial charge on any atom is -0.340 e. The molecule has 7 heteroatoms. The predicted octanol–water partition coefficient (Wildman–Crippen LogP) is 5.93. The Morgan fingerprint density at radius 3 is 2.77 bits per heavy atom. The molecule has 1 aliphatic heterocycles. The highest BCUT2D eigenvalue weighted by Crippen LogP contribution is 2.37. The topological polar surface area (TPSA) is 61.9 Å². The number of carbonyl (C=O) groups excluding carboxylic acids is 1. The van der Waals surface area contributed by atoms with Gasteiger partial charge in [-0.25, -0.2) is 9.97 Å². The van der Waals surface area contributed by atoms with Crippen LogP contribution in [-0.4, -0.2) is 32.3 Å². The van der Waals surface area contributed by atoms with E-state index in [1.54, 1.807) is 11.3 Å². The van der Waals surface area contributed by atoms with Crippen molar-refractivity contribution in [1.29, 1.82) is 0 Å². The molecule has 5 nitrogen and oxygen atoms in total. The average molecular weight is 437 g/mol. The largest absolute Gasteiger partial charge is 0.340 e. The Morgan fingerprint density at radius 2 is 1.97 bits per heavy atom. The minimum atomic E-state index is -0.0892. The monoisotopic (exact) mass is 436 g/mol. The Labute approximate surface area is 183 Å². The molecule has 152 valence electrons. The Bertz CT molecular complexity index is 1250. The van der Waals surface area contributed by atoms with Crippen LogP contribution in [0.1, 0.15) is 45.8 Å². The summed E-state index contributed by atoms with van der Waals surface area (Å²) >= 11 is 7.83. The van der Waals surface area contributed by atoms with Gasteiger partial charge in [0, 0.05) is 11.6 Å². The molecule has 1 N–H and O–H groups in total. The maximum atomic E-state index is 13.6. The van der Waals surface area contributed by atoms with Crippen LogP contribution >= 0.6 is 22.9 Å². The first-order valence-electron chi connectivity index (χ1n) is 10.0. The van der Waals surface area contributed by atoms with Crippen molar-refractivity contribution in [3.63, 3.8) is 0 Å². The smallest absolute Gasteiger partial charge is 0.274 e. The van der Waals surface area contributed by atoms with Crippen molar-refractivity contribution in [3.8, 4) is 10.4 Å². The lowest BCUT2D eigenvalue weighted by molar-refractivity contribution is 0.0726. The van der Waals surface area contributed by atoms with Crippen LogP contribution in [0.5, 0.6) is 0 Å². The van der Waals surface area contributed by atoms with Gasteiger partial charge in [0.1, 0.15) is 11.5 Å². The van der Waals surface area contributed by atoms with Crippen molar-refractivity contribution in [3.05, 3.63) is 69.6 Å². The van der Waals surface area contributed by atoms with E-state index in [-0.39, 0.29) is 11.9 Å². The summed E-state index contributed by atoms with van der Waals surface area (Å²) in [6.07, 6.45) is 1.82. The number of hydrogen-bond donors (Lipinski definition) is 1. The summed E-state index contributed by atoms with van der Waals surface area (Å²) < 4.78 is 0. The number of H-pyrrole nitrogens is 1. The highest BCUT2D eigenvalue weighted by molar-refractivity contribution is 7.15. The fourth-order valence-electron chi connectivity index (χ4n) is 4.15. The van der Waals surface area contributed by atoms with Gasteiger partial charge in [0.25, 0.3) is 5.91 Å². The molecule has 0 aliphatic carbocycles. The molecule has 3 heterocycles. The highest BCUT2D eigenvalue weighted by Gasteiger charge is 2.35. The number of likely N-dealkylation sites (tertiary alicyclic amines) is 1. The molecule has 0 radical (unpaired) electrons. The van der Waals surface area contributed by atoms with Crippen molar-refractivity contribution in [2.75, 3.05) is 6.54 Å². The van der Waals surface area contributed by atoms with Crippen molar-refractivity contribution in [2.45, 2.75) is 32.7 Å². The number of aromatic nitrogens is 3. The number of benzene rings is 2. The number of imidazole rings is 1. The van der Waals surface area contributed by atoms with Crippen LogP contribution in [0.3, 0.4) is 0 Å². The third-order valence-electron chi connectivity index (χ3n) is 5.66. The number of halogens is 1. The van der Waals surface area contributed by atoms with Gasteiger partial charge in [0.15, 0.2) is 0 Å². The van der Waals surface area contributed by atoms with E-state index >= 15 is 0 Å². The summed E-state index contributed by atoms with van der Waals surface area (Å²) in [4.78, 5) is 29.3. The molecule has 2 aromatic carbocycles. The quantitative estimate of drug-likeness (QED) is 0.432. The summed E-state index contributed by atoms with van der Waals surface area (Å²) in [5.41, 5.74) is 4.32. The van der Waals surface area contributed by atoms with Gasteiger partial charge in [-0.15, -0.1) is 11.3 Å². The number of aromatic amines is 1. The van der Waals surface area contributed by atoms with Gasteiger partial charge in [0.05, 0.1) is 27.0 Å². The second-order valence-corrected chi connectivity index (χ2v) is 9.23. The van der Waals surface area contributed by atoms with Gasteiger partial charge in [-0.1, -0.05) is 41.9 Å². The van der Waals surface area contributed by atoms with E-state index < -0.39 is 0 Å². The van der Waals surface area contributed by atoms with Gasteiger partial charge in [0.2, 0.25) is 0 Å². The normalized spacial score (nSPS) is 16.5. The van der Waals surface area contributed by atoms with Crippen molar-refractivity contribution in [1.82, 2.24) is 19.9 Å². The molecule has 1 saturated heterocycles. The first-order chi connectivity index (χ1) is 14.5.